The third-order valence-corrected chi connectivity index (χ3v) is 10.1. The van der Waals surface area contributed by atoms with Crippen LogP contribution in [0.5, 0.6) is 5.75 Å². The molecule has 2 amide bonds. The standard InChI is InChI=1S/C33H45N4O7PS/c1-8-14-35-32(38)25-16-24(30-19-34-22-44-30)17-26(18-25)33(39)36-29(13-15-45(6)7)31(43-5)21-37(20-23(2)3)46(40,41)28-11-9-27(42-4)10-12-28/h9-12,16-19,22-23,29,31H,6,8,13-15,20-21H2,1-5,7H3,(H-,35,36,38,39)/p+1. The van der Waals surface area contributed by atoms with Crippen LogP contribution in [0.25, 0.3) is 11.3 Å². The van der Waals surface area contributed by atoms with E-state index in [2.05, 4.69) is 21.9 Å². The van der Waals surface area contributed by atoms with Crippen molar-refractivity contribution in [1.29, 1.82) is 0 Å². The Hall–Kier alpha value is -3.57. The number of amides is 2. The maximum Gasteiger partial charge on any atom is 0.251 e. The van der Waals surface area contributed by atoms with Crippen LogP contribution in [0.3, 0.4) is 0 Å². The number of nitrogens with zero attached hydrogens (tertiary/aromatic N) is 2. The van der Waals surface area contributed by atoms with Crippen molar-refractivity contribution in [2.75, 3.05) is 46.7 Å². The van der Waals surface area contributed by atoms with Gasteiger partial charge < -0.3 is 24.5 Å². The Balaban J connectivity index is 1.96. The van der Waals surface area contributed by atoms with Crippen molar-refractivity contribution in [1.82, 2.24) is 19.9 Å². The molecule has 3 aromatic rings. The van der Waals surface area contributed by atoms with E-state index in [0.29, 0.717) is 35.6 Å². The Morgan fingerprint density at radius 3 is 2.28 bits per heavy atom. The third kappa shape index (κ3) is 10.2. The molecule has 3 atom stereocenters. The molecular weight excluding hydrogens is 627 g/mol. The zero-order valence-corrected chi connectivity index (χ0v) is 29.2. The van der Waals surface area contributed by atoms with Gasteiger partial charge in [0, 0.05) is 49.9 Å². The molecule has 1 heterocycles. The molecule has 0 aliphatic rings. The molecule has 3 rings (SSSR count). The van der Waals surface area contributed by atoms with E-state index in [9.17, 15) is 18.0 Å². The predicted molar refractivity (Wildman–Crippen MR) is 183 cm³/mol. The highest BCUT2D eigenvalue weighted by Crippen LogP contribution is 2.25. The fourth-order valence-corrected chi connectivity index (χ4v) is 7.17. The van der Waals surface area contributed by atoms with Gasteiger partial charge in [-0.3, -0.25) is 9.59 Å². The highest BCUT2D eigenvalue weighted by Gasteiger charge is 2.33. The van der Waals surface area contributed by atoms with Crippen molar-refractivity contribution in [3.63, 3.8) is 0 Å². The Morgan fingerprint density at radius 1 is 1.07 bits per heavy atom. The summed E-state index contributed by atoms with van der Waals surface area (Å²) in [5, 5.41) is 5.94. The maximum absolute atomic E-state index is 13.9. The Labute approximate surface area is 273 Å². The van der Waals surface area contributed by atoms with Crippen LogP contribution in [0.2, 0.25) is 0 Å². The Bertz CT molecular complexity index is 1560. The highest BCUT2D eigenvalue weighted by atomic mass is 32.2. The lowest BCUT2D eigenvalue weighted by atomic mass is 10.0. The van der Waals surface area contributed by atoms with Gasteiger partial charge in [0.1, 0.15) is 11.9 Å². The first-order valence-corrected chi connectivity index (χ1v) is 18.8. The van der Waals surface area contributed by atoms with E-state index in [-0.39, 0.29) is 35.4 Å². The molecule has 0 radical (unpaired) electrons. The lowest BCUT2D eigenvalue weighted by Gasteiger charge is -2.32. The van der Waals surface area contributed by atoms with E-state index in [1.165, 1.54) is 49.3 Å². The second-order valence-corrected chi connectivity index (χ2v) is 15.6. The summed E-state index contributed by atoms with van der Waals surface area (Å²) in [6.45, 7) is 8.63. The summed E-state index contributed by atoms with van der Waals surface area (Å²) in [6, 6.07) is 10.5. The average molecular weight is 674 g/mol. The normalized spacial score (nSPS) is 13.3. The quantitative estimate of drug-likeness (QED) is 0.182. The topological polar surface area (TPSA) is 140 Å². The van der Waals surface area contributed by atoms with Crippen LogP contribution in [0.1, 0.15) is 54.3 Å². The second kappa shape index (κ2) is 17.4. The van der Waals surface area contributed by atoms with E-state index in [0.717, 1.165) is 12.6 Å². The monoisotopic (exact) mass is 673 g/mol. The SMILES string of the molecule is C=[P+](C)CCC(NC(=O)c1cc(C(=O)NCCC)cc(-c2cnco2)c1)C(CN(CC(C)C)S(=O)(=O)c1ccc(OC)cc1)OC. The van der Waals surface area contributed by atoms with Crippen LogP contribution < -0.4 is 15.4 Å². The van der Waals surface area contributed by atoms with E-state index in [4.69, 9.17) is 13.9 Å². The summed E-state index contributed by atoms with van der Waals surface area (Å²) in [5.41, 5.74) is 1.07. The van der Waals surface area contributed by atoms with Gasteiger partial charge in [0.05, 0.1) is 50.9 Å². The molecule has 0 aliphatic heterocycles. The number of hydrogen-bond donors (Lipinski definition) is 2. The van der Waals surface area contributed by atoms with Gasteiger partial charge in [0.2, 0.25) is 10.0 Å². The molecule has 0 fully saturated rings. The van der Waals surface area contributed by atoms with Crippen LogP contribution in [0, 0.1) is 5.92 Å². The number of carbonyl (C=O) groups is 2. The molecular formula is C33H46N4O7PS+. The number of nitrogens with one attached hydrogen (secondary N) is 2. The molecule has 0 saturated heterocycles. The van der Waals surface area contributed by atoms with Crippen molar-refractivity contribution in [3.05, 3.63) is 66.2 Å². The summed E-state index contributed by atoms with van der Waals surface area (Å²) in [7, 11) is -1.44. The number of rotatable bonds is 18. The number of sulfonamides is 1. The summed E-state index contributed by atoms with van der Waals surface area (Å²) in [5.74, 6) is 0.237. The number of ether oxygens (including phenoxy) is 2. The number of aromatic nitrogens is 1. The second-order valence-electron chi connectivity index (χ2n) is 11.5. The molecule has 250 valence electrons. The van der Waals surface area contributed by atoms with Gasteiger partial charge in [-0.2, -0.15) is 4.31 Å². The number of oxazole rings is 1. The largest absolute Gasteiger partial charge is 0.497 e. The zero-order valence-electron chi connectivity index (χ0n) is 27.5. The molecule has 13 heteroatoms. The molecule has 46 heavy (non-hydrogen) atoms. The van der Waals surface area contributed by atoms with Gasteiger partial charge in [0.15, 0.2) is 12.2 Å². The van der Waals surface area contributed by atoms with Gasteiger partial charge in [-0.15, -0.1) is 0 Å². The van der Waals surface area contributed by atoms with E-state index < -0.39 is 35.6 Å². The van der Waals surface area contributed by atoms with Gasteiger partial charge in [0.25, 0.3) is 11.8 Å². The summed E-state index contributed by atoms with van der Waals surface area (Å²) >= 11 is 0. The van der Waals surface area contributed by atoms with Crippen LogP contribution >= 0.6 is 7.55 Å². The molecule has 3 unspecified atom stereocenters. The fraction of sp³-hybridized carbons (Fsp3) is 0.455. The van der Waals surface area contributed by atoms with Crippen molar-refractivity contribution < 1.29 is 31.9 Å². The molecule has 0 aliphatic carbocycles. The van der Waals surface area contributed by atoms with Crippen LogP contribution in [0.4, 0.5) is 0 Å². The Morgan fingerprint density at radius 2 is 1.74 bits per heavy atom. The fourth-order valence-electron chi connectivity index (χ4n) is 4.83. The predicted octanol–water partition coefficient (Wildman–Crippen LogP) is 4.88. The average Bonchev–Trinajstić information content (AvgIpc) is 3.58. The van der Waals surface area contributed by atoms with Crippen LogP contribution in [-0.2, 0) is 14.8 Å². The third-order valence-electron chi connectivity index (χ3n) is 7.25. The molecule has 1 aromatic heterocycles. The molecule has 11 nitrogen and oxygen atoms in total. The first kappa shape index (κ1) is 36.9. The first-order chi connectivity index (χ1) is 21.9. The lowest BCUT2D eigenvalue weighted by molar-refractivity contribution is 0.0471. The maximum atomic E-state index is 13.9. The van der Waals surface area contributed by atoms with Crippen molar-refractivity contribution in [2.24, 2.45) is 5.92 Å². The number of benzene rings is 2. The number of hydrogen-bond acceptors (Lipinski definition) is 8. The molecule has 0 spiro atoms. The minimum atomic E-state index is -3.91. The summed E-state index contributed by atoms with van der Waals surface area (Å²) in [4.78, 5) is 30.9. The number of methoxy groups -OCH3 is 2. The van der Waals surface area contributed by atoms with E-state index >= 15 is 0 Å². The summed E-state index contributed by atoms with van der Waals surface area (Å²) in [6.07, 6.45) is 8.26. The van der Waals surface area contributed by atoms with E-state index in [1.54, 1.807) is 24.3 Å². The van der Waals surface area contributed by atoms with Crippen molar-refractivity contribution in [3.8, 4) is 17.1 Å². The molecule has 0 saturated carbocycles. The van der Waals surface area contributed by atoms with Crippen molar-refractivity contribution >= 4 is 35.7 Å². The lowest BCUT2D eigenvalue weighted by Crippen LogP contribution is -2.51. The minimum Gasteiger partial charge on any atom is -0.497 e. The van der Waals surface area contributed by atoms with Gasteiger partial charge >= 0.3 is 0 Å². The van der Waals surface area contributed by atoms with Crippen molar-refractivity contribution in [2.45, 2.75) is 50.7 Å². The first-order valence-electron chi connectivity index (χ1n) is 15.2. The summed E-state index contributed by atoms with van der Waals surface area (Å²) < 4.78 is 45.7. The van der Waals surface area contributed by atoms with Crippen LogP contribution in [0.15, 0.2) is 64.4 Å². The number of carbonyl (C=O) groups excluding carboxylic acids is 2. The smallest absolute Gasteiger partial charge is 0.251 e. The molecule has 2 N–H and O–H groups in total. The highest BCUT2D eigenvalue weighted by molar-refractivity contribution is 7.89. The molecule has 2 aromatic carbocycles. The minimum absolute atomic E-state index is 0.00947. The van der Waals surface area contributed by atoms with Gasteiger partial charge in [-0.25, -0.2) is 13.4 Å². The Kier molecular flexibility index (Phi) is 13.9. The van der Waals surface area contributed by atoms with Gasteiger partial charge in [-0.05, 0) is 54.8 Å². The van der Waals surface area contributed by atoms with Crippen LogP contribution in [-0.4, -0.2) is 94.6 Å². The zero-order chi connectivity index (χ0) is 33.9. The molecule has 0 bridgehead atoms. The van der Waals surface area contributed by atoms with Gasteiger partial charge in [-0.1, -0.05) is 20.8 Å². The van der Waals surface area contributed by atoms with E-state index in [1.807, 2.05) is 27.4 Å².